The van der Waals surface area contributed by atoms with Gasteiger partial charge in [-0.1, -0.05) is 12.8 Å². The van der Waals surface area contributed by atoms with E-state index in [1.54, 1.807) is 25.2 Å². The van der Waals surface area contributed by atoms with Crippen LogP contribution in [0.5, 0.6) is 0 Å². The summed E-state index contributed by atoms with van der Waals surface area (Å²) in [6, 6.07) is 7.32. The molecule has 0 unspecified atom stereocenters. The Bertz CT molecular complexity index is 1590. The van der Waals surface area contributed by atoms with Gasteiger partial charge in [0.05, 0.1) is 11.9 Å². The molecule has 0 spiro atoms. The Hall–Kier alpha value is -3.97. The second kappa shape index (κ2) is 12.6. The fourth-order valence-corrected chi connectivity index (χ4v) is 7.28. The predicted octanol–water partition coefficient (Wildman–Crippen LogP) is 3.81. The third-order valence-corrected chi connectivity index (χ3v) is 10.00. The minimum atomic E-state index is -0.450. The number of carbonyl (C=O) groups is 2. The van der Waals surface area contributed by atoms with E-state index in [4.69, 9.17) is 14.7 Å². The number of nitrogens with zero attached hydrogens (tertiary/aromatic N) is 9. The smallest absolute Gasteiger partial charge is 0.410 e. The van der Waals surface area contributed by atoms with E-state index in [1.807, 2.05) is 44.0 Å². The molecule has 3 saturated heterocycles. The zero-order valence-electron chi connectivity index (χ0n) is 28.4. The molecule has 1 N–H and O–H groups in total. The summed E-state index contributed by atoms with van der Waals surface area (Å²) in [6.07, 6.45) is 7.95. The molecule has 1 saturated carbocycles. The lowest BCUT2D eigenvalue weighted by Crippen LogP contribution is -2.71. The first-order valence-electron chi connectivity index (χ1n) is 17.1. The van der Waals surface area contributed by atoms with E-state index < -0.39 is 5.60 Å². The highest BCUT2D eigenvalue weighted by molar-refractivity contribution is 5.98. The second-order valence-electron chi connectivity index (χ2n) is 14.7. The number of ether oxygens (including phenoxy) is 1. The highest BCUT2D eigenvalue weighted by atomic mass is 16.6. The monoisotopic (exact) mass is 644 g/mol. The van der Waals surface area contributed by atoms with E-state index in [9.17, 15) is 9.59 Å². The fraction of sp³-hybridized carbons (Fsp3) is 0.618. The van der Waals surface area contributed by atoms with Crippen molar-refractivity contribution in [1.82, 2.24) is 39.1 Å². The van der Waals surface area contributed by atoms with Gasteiger partial charge in [0.15, 0.2) is 0 Å². The Morgan fingerprint density at radius 2 is 1.60 bits per heavy atom. The molecule has 1 aliphatic carbocycles. The van der Waals surface area contributed by atoms with Gasteiger partial charge in [-0.05, 0) is 51.8 Å². The molecule has 7 rings (SSSR count). The summed E-state index contributed by atoms with van der Waals surface area (Å²) in [5, 5.41) is 4.15. The minimum Gasteiger partial charge on any atom is -0.444 e. The topological polar surface area (TPSA) is 115 Å². The molecular weight excluding hydrogens is 596 g/mol. The summed E-state index contributed by atoms with van der Waals surface area (Å²) in [6.45, 7) is 13.4. The fourth-order valence-electron chi connectivity index (χ4n) is 7.28. The molecule has 3 aliphatic heterocycles. The molecule has 47 heavy (non-hydrogen) atoms. The van der Waals surface area contributed by atoms with Crippen LogP contribution < -0.4 is 10.2 Å². The lowest BCUT2D eigenvalue weighted by molar-refractivity contribution is -0.0584. The van der Waals surface area contributed by atoms with Crippen LogP contribution in [0.4, 0.5) is 22.2 Å². The van der Waals surface area contributed by atoms with Gasteiger partial charge in [0.25, 0.3) is 5.91 Å². The molecular formula is C34H48N10O3. The summed E-state index contributed by atoms with van der Waals surface area (Å²) < 4.78 is 7.62. The zero-order valence-corrected chi connectivity index (χ0v) is 28.4. The number of anilines is 3. The van der Waals surface area contributed by atoms with Crippen LogP contribution >= 0.6 is 0 Å². The molecule has 0 aromatic carbocycles. The van der Waals surface area contributed by atoms with Crippen LogP contribution in [0.1, 0.15) is 63.0 Å². The number of hydrogen-bond acceptors (Lipinski definition) is 10. The zero-order chi connectivity index (χ0) is 32.9. The molecule has 252 valence electrons. The molecule has 4 fully saturated rings. The van der Waals surface area contributed by atoms with Crippen molar-refractivity contribution in [2.45, 2.75) is 70.2 Å². The Morgan fingerprint density at radius 1 is 0.894 bits per heavy atom. The first-order valence-corrected chi connectivity index (χ1v) is 17.1. The maximum Gasteiger partial charge on any atom is 0.410 e. The number of likely N-dealkylation sites (tertiary alicyclic amines) is 2. The Balaban J connectivity index is 0.909. The summed E-state index contributed by atoms with van der Waals surface area (Å²) in [5.74, 6) is 1.15. The van der Waals surface area contributed by atoms with E-state index >= 15 is 0 Å². The third-order valence-electron chi connectivity index (χ3n) is 10.00. The van der Waals surface area contributed by atoms with Crippen LogP contribution in [-0.4, -0.2) is 135 Å². The maximum atomic E-state index is 13.0. The Kier molecular flexibility index (Phi) is 8.46. The quantitative estimate of drug-likeness (QED) is 0.407. The molecule has 6 heterocycles. The van der Waals surface area contributed by atoms with Crippen LogP contribution in [0.2, 0.25) is 0 Å². The molecule has 0 radical (unpaired) electrons. The Morgan fingerprint density at radius 3 is 2.23 bits per heavy atom. The summed E-state index contributed by atoms with van der Waals surface area (Å²) >= 11 is 0. The van der Waals surface area contributed by atoms with Crippen LogP contribution in [0.3, 0.4) is 0 Å². The normalized spacial score (nSPS) is 20.4. The first-order chi connectivity index (χ1) is 22.5. The van der Waals surface area contributed by atoms with Crippen LogP contribution in [0.15, 0.2) is 30.6 Å². The summed E-state index contributed by atoms with van der Waals surface area (Å²) in [7, 11) is 3.57. The van der Waals surface area contributed by atoms with Crippen LogP contribution in [0.25, 0.3) is 11.0 Å². The highest BCUT2D eigenvalue weighted by Gasteiger charge is 2.43. The van der Waals surface area contributed by atoms with E-state index in [0.29, 0.717) is 29.5 Å². The molecule has 4 aliphatic rings. The van der Waals surface area contributed by atoms with Crippen molar-refractivity contribution in [2.75, 3.05) is 76.7 Å². The predicted molar refractivity (Wildman–Crippen MR) is 181 cm³/mol. The number of carbonyl (C=O) groups excluding carboxylic acids is 2. The van der Waals surface area contributed by atoms with E-state index in [-0.39, 0.29) is 18.0 Å². The number of piperazine rings is 1. The molecule has 13 nitrogen and oxygen atoms in total. The standard InChI is InChI=1S/C34H48N10O3/c1-34(2,3)47-33(46)43-21-27(22-43)42-19-26(20-42)41-14-12-40(13-15-41)25-10-11-29(35-18-25)37-32-36-17-23-16-28(31(45)39(4)5)44(30(23)38-32)24-8-6-7-9-24/h10-11,16-18,24,26-27H,6-9,12-15,19-22H2,1-5H3,(H,35,36,37,38). The van der Waals surface area contributed by atoms with Crippen molar-refractivity contribution in [3.63, 3.8) is 0 Å². The van der Waals surface area contributed by atoms with Gasteiger partial charge in [-0.2, -0.15) is 4.98 Å². The molecule has 3 aromatic heterocycles. The minimum absolute atomic E-state index is 0.0148. The molecule has 0 bridgehead atoms. The first kappa shape index (κ1) is 31.6. The van der Waals surface area contributed by atoms with Gasteiger partial charge in [-0.25, -0.2) is 14.8 Å². The van der Waals surface area contributed by atoms with Gasteiger partial charge in [-0.15, -0.1) is 0 Å². The molecule has 0 atom stereocenters. The van der Waals surface area contributed by atoms with Crippen molar-refractivity contribution < 1.29 is 14.3 Å². The summed E-state index contributed by atoms with van der Waals surface area (Å²) in [5.41, 5.74) is 2.12. The molecule has 3 aromatic rings. The number of amides is 2. The van der Waals surface area contributed by atoms with E-state index in [2.05, 4.69) is 35.6 Å². The van der Waals surface area contributed by atoms with Crippen molar-refractivity contribution >= 4 is 40.5 Å². The highest BCUT2D eigenvalue weighted by Crippen LogP contribution is 2.35. The van der Waals surface area contributed by atoms with Crippen molar-refractivity contribution in [2.24, 2.45) is 0 Å². The van der Waals surface area contributed by atoms with Gasteiger partial charge in [0, 0.05) is 96.2 Å². The largest absolute Gasteiger partial charge is 0.444 e. The third kappa shape index (κ3) is 6.60. The van der Waals surface area contributed by atoms with E-state index in [0.717, 1.165) is 81.9 Å². The number of pyridine rings is 1. The van der Waals surface area contributed by atoms with Gasteiger partial charge in [0.2, 0.25) is 5.95 Å². The van der Waals surface area contributed by atoms with Gasteiger partial charge < -0.3 is 29.3 Å². The van der Waals surface area contributed by atoms with Gasteiger partial charge in [0.1, 0.15) is 22.8 Å². The summed E-state index contributed by atoms with van der Waals surface area (Å²) in [4.78, 5) is 50.3. The van der Waals surface area contributed by atoms with Crippen molar-refractivity contribution in [3.05, 3.63) is 36.3 Å². The van der Waals surface area contributed by atoms with Crippen LogP contribution in [-0.2, 0) is 4.74 Å². The molecule has 13 heteroatoms. The van der Waals surface area contributed by atoms with E-state index in [1.165, 1.54) is 12.8 Å². The lowest BCUT2D eigenvalue weighted by atomic mass is 9.98. The average Bonchev–Trinajstić information content (AvgIpc) is 3.64. The lowest BCUT2D eigenvalue weighted by Gasteiger charge is -2.55. The SMILES string of the molecule is CN(C)C(=O)c1cc2cnc(Nc3ccc(N4CCN(C5CN(C6CN(C(=O)OC(C)(C)C)C6)C5)CC4)cn3)nc2n1C1CCCC1. The van der Waals surface area contributed by atoms with Crippen LogP contribution in [0, 0.1) is 0 Å². The number of hydrogen-bond donors (Lipinski definition) is 1. The average molecular weight is 645 g/mol. The van der Waals surface area contributed by atoms with Crippen molar-refractivity contribution in [1.29, 1.82) is 0 Å². The van der Waals surface area contributed by atoms with Gasteiger partial charge >= 0.3 is 6.09 Å². The number of fused-ring (bicyclic) bond motifs is 1. The number of rotatable bonds is 7. The second-order valence-corrected chi connectivity index (χ2v) is 14.7. The maximum absolute atomic E-state index is 13.0. The number of nitrogens with one attached hydrogen (secondary N) is 1. The van der Waals surface area contributed by atoms with Crippen molar-refractivity contribution in [3.8, 4) is 0 Å². The molecule has 2 amide bonds. The Labute approximate surface area is 276 Å². The van der Waals surface area contributed by atoms with Gasteiger partial charge in [-0.3, -0.25) is 14.6 Å². The number of aromatic nitrogens is 4.